The second-order valence-corrected chi connectivity index (χ2v) is 5.47. The quantitative estimate of drug-likeness (QED) is 0.784. The van der Waals surface area contributed by atoms with Crippen molar-refractivity contribution < 1.29 is 4.79 Å². The molecule has 2 aliphatic rings. The molecule has 0 saturated carbocycles. The van der Waals surface area contributed by atoms with Crippen molar-refractivity contribution >= 4 is 5.91 Å². The molecule has 0 bridgehead atoms. The van der Waals surface area contributed by atoms with E-state index in [2.05, 4.69) is 22.2 Å². The summed E-state index contributed by atoms with van der Waals surface area (Å²) in [5, 5.41) is 3.17. The summed E-state index contributed by atoms with van der Waals surface area (Å²) in [7, 11) is 2.13. The summed E-state index contributed by atoms with van der Waals surface area (Å²) in [6, 6.07) is 0.375. The Balaban J connectivity index is 1.62. The number of likely N-dealkylation sites (tertiary alicyclic amines) is 2. The molecule has 4 heteroatoms. The molecule has 98 valence electrons. The number of hydrogen-bond donors (Lipinski definition) is 1. The summed E-state index contributed by atoms with van der Waals surface area (Å²) in [4.78, 5) is 16.5. The van der Waals surface area contributed by atoms with Crippen molar-refractivity contribution in [1.29, 1.82) is 0 Å². The van der Waals surface area contributed by atoms with Crippen molar-refractivity contribution in [2.75, 3.05) is 39.8 Å². The molecule has 0 aromatic carbocycles. The van der Waals surface area contributed by atoms with E-state index in [4.69, 9.17) is 0 Å². The van der Waals surface area contributed by atoms with Gasteiger partial charge in [-0.2, -0.15) is 0 Å². The number of likely N-dealkylation sites (N-methyl/N-ethyl adjacent to an activating group) is 1. The van der Waals surface area contributed by atoms with Crippen LogP contribution in [0.2, 0.25) is 0 Å². The van der Waals surface area contributed by atoms with E-state index in [1.165, 1.54) is 38.9 Å². The highest BCUT2D eigenvalue weighted by molar-refractivity contribution is 5.76. The number of carbonyl (C=O) groups excluding carboxylic acids is 1. The Labute approximate surface area is 104 Å². The first-order chi connectivity index (χ1) is 8.24. The SMILES string of the molecule is CN1CCCC(NC(=O)CCN2CCCC2)C1. The van der Waals surface area contributed by atoms with Crippen LogP contribution in [0.3, 0.4) is 0 Å². The van der Waals surface area contributed by atoms with E-state index < -0.39 is 0 Å². The van der Waals surface area contributed by atoms with Gasteiger partial charge in [0.2, 0.25) is 5.91 Å². The first-order valence-electron chi connectivity index (χ1n) is 6.94. The Kier molecular flexibility index (Phi) is 4.80. The van der Waals surface area contributed by atoms with E-state index in [9.17, 15) is 4.79 Å². The van der Waals surface area contributed by atoms with Gasteiger partial charge in [-0.3, -0.25) is 4.79 Å². The Morgan fingerprint density at radius 3 is 2.71 bits per heavy atom. The lowest BCUT2D eigenvalue weighted by Gasteiger charge is -2.30. The number of rotatable bonds is 4. The zero-order valence-corrected chi connectivity index (χ0v) is 11.0. The average molecular weight is 239 g/mol. The molecule has 0 spiro atoms. The Morgan fingerprint density at radius 1 is 1.24 bits per heavy atom. The Morgan fingerprint density at radius 2 is 2.00 bits per heavy atom. The van der Waals surface area contributed by atoms with Crippen LogP contribution in [0.4, 0.5) is 0 Å². The minimum absolute atomic E-state index is 0.234. The van der Waals surface area contributed by atoms with Crippen molar-refractivity contribution in [1.82, 2.24) is 15.1 Å². The van der Waals surface area contributed by atoms with Gasteiger partial charge in [0.05, 0.1) is 0 Å². The van der Waals surface area contributed by atoms with E-state index in [0.29, 0.717) is 12.5 Å². The van der Waals surface area contributed by atoms with Gasteiger partial charge in [-0.15, -0.1) is 0 Å². The van der Waals surface area contributed by atoms with Crippen molar-refractivity contribution in [3.05, 3.63) is 0 Å². The van der Waals surface area contributed by atoms with E-state index in [1.54, 1.807) is 0 Å². The third-order valence-corrected chi connectivity index (χ3v) is 3.84. The molecule has 17 heavy (non-hydrogen) atoms. The van der Waals surface area contributed by atoms with Gasteiger partial charge < -0.3 is 15.1 Å². The Hall–Kier alpha value is -0.610. The van der Waals surface area contributed by atoms with Crippen LogP contribution in [0.15, 0.2) is 0 Å². The van der Waals surface area contributed by atoms with Crippen molar-refractivity contribution in [2.24, 2.45) is 0 Å². The van der Waals surface area contributed by atoms with Gasteiger partial charge in [0.1, 0.15) is 0 Å². The minimum atomic E-state index is 0.234. The van der Waals surface area contributed by atoms with Crippen LogP contribution in [-0.4, -0.2) is 61.5 Å². The summed E-state index contributed by atoms with van der Waals surface area (Å²) in [6.45, 7) is 5.48. The zero-order chi connectivity index (χ0) is 12.1. The first kappa shape index (κ1) is 12.8. The van der Waals surface area contributed by atoms with Gasteiger partial charge in [0.15, 0.2) is 0 Å². The molecule has 0 radical (unpaired) electrons. The molecule has 2 fully saturated rings. The number of amides is 1. The van der Waals surface area contributed by atoms with Crippen LogP contribution < -0.4 is 5.32 Å². The highest BCUT2D eigenvalue weighted by Gasteiger charge is 2.19. The summed E-state index contributed by atoms with van der Waals surface area (Å²) < 4.78 is 0. The summed E-state index contributed by atoms with van der Waals surface area (Å²) in [5.41, 5.74) is 0. The molecule has 1 atom stereocenters. The molecule has 0 aromatic heterocycles. The Bertz CT molecular complexity index is 251. The molecule has 0 aliphatic carbocycles. The fourth-order valence-corrected chi connectivity index (χ4v) is 2.85. The fourth-order valence-electron chi connectivity index (χ4n) is 2.85. The molecular formula is C13H25N3O. The van der Waals surface area contributed by atoms with Crippen LogP contribution >= 0.6 is 0 Å². The van der Waals surface area contributed by atoms with Gasteiger partial charge in [0.25, 0.3) is 0 Å². The molecule has 2 saturated heterocycles. The molecule has 2 heterocycles. The maximum Gasteiger partial charge on any atom is 0.221 e. The van der Waals surface area contributed by atoms with E-state index in [1.807, 2.05) is 0 Å². The monoisotopic (exact) mass is 239 g/mol. The molecule has 0 aromatic rings. The number of carbonyl (C=O) groups is 1. The molecule has 1 N–H and O–H groups in total. The largest absolute Gasteiger partial charge is 0.352 e. The maximum absolute atomic E-state index is 11.8. The topological polar surface area (TPSA) is 35.6 Å². The average Bonchev–Trinajstić information content (AvgIpc) is 2.79. The maximum atomic E-state index is 11.8. The van der Waals surface area contributed by atoms with Crippen molar-refractivity contribution in [3.8, 4) is 0 Å². The highest BCUT2D eigenvalue weighted by Crippen LogP contribution is 2.09. The number of hydrogen-bond acceptors (Lipinski definition) is 3. The second kappa shape index (κ2) is 6.36. The fraction of sp³-hybridized carbons (Fsp3) is 0.923. The van der Waals surface area contributed by atoms with Gasteiger partial charge in [0, 0.05) is 25.6 Å². The molecular weight excluding hydrogens is 214 g/mol. The van der Waals surface area contributed by atoms with Crippen molar-refractivity contribution in [3.63, 3.8) is 0 Å². The van der Waals surface area contributed by atoms with E-state index in [-0.39, 0.29) is 5.91 Å². The van der Waals surface area contributed by atoms with Crippen molar-refractivity contribution in [2.45, 2.75) is 38.1 Å². The molecule has 2 rings (SSSR count). The van der Waals surface area contributed by atoms with Crippen LogP contribution in [0, 0.1) is 0 Å². The first-order valence-corrected chi connectivity index (χ1v) is 6.94. The zero-order valence-electron chi connectivity index (χ0n) is 11.0. The van der Waals surface area contributed by atoms with Gasteiger partial charge >= 0.3 is 0 Å². The van der Waals surface area contributed by atoms with Gasteiger partial charge in [-0.05, 0) is 52.4 Å². The van der Waals surface area contributed by atoms with E-state index >= 15 is 0 Å². The predicted molar refractivity (Wildman–Crippen MR) is 69.0 cm³/mol. The lowest BCUT2D eigenvalue weighted by atomic mass is 10.1. The lowest BCUT2D eigenvalue weighted by Crippen LogP contribution is -2.46. The highest BCUT2D eigenvalue weighted by atomic mass is 16.1. The van der Waals surface area contributed by atoms with Gasteiger partial charge in [-0.1, -0.05) is 0 Å². The van der Waals surface area contributed by atoms with Gasteiger partial charge in [-0.25, -0.2) is 0 Å². The smallest absolute Gasteiger partial charge is 0.221 e. The summed E-state index contributed by atoms with van der Waals surface area (Å²) in [6.07, 6.45) is 5.61. The van der Waals surface area contributed by atoms with Crippen LogP contribution in [0.5, 0.6) is 0 Å². The van der Waals surface area contributed by atoms with Crippen LogP contribution in [0.1, 0.15) is 32.1 Å². The molecule has 1 unspecified atom stereocenters. The normalized spacial score (nSPS) is 27.2. The molecule has 4 nitrogen and oxygen atoms in total. The minimum Gasteiger partial charge on any atom is -0.352 e. The summed E-state index contributed by atoms with van der Waals surface area (Å²) >= 11 is 0. The number of piperidine rings is 1. The second-order valence-electron chi connectivity index (χ2n) is 5.47. The third kappa shape index (κ3) is 4.28. The number of nitrogens with one attached hydrogen (secondary N) is 1. The lowest BCUT2D eigenvalue weighted by molar-refractivity contribution is -0.122. The molecule has 1 amide bonds. The third-order valence-electron chi connectivity index (χ3n) is 3.84. The standard InChI is InChI=1S/C13H25N3O/c1-15-7-4-5-12(11-15)14-13(17)6-10-16-8-2-3-9-16/h12H,2-11H2,1H3,(H,14,17). The van der Waals surface area contributed by atoms with E-state index in [0.717, 1.165) is 19.5 Å². The predicted octanol–water partition coefficient (Wildman–Crippen LogP) is 0.683. The van der Waals surface area contributed by atoms with Crippen LogP contribution in [-0.2, 0) is 4.79 Å². The summed E-state index contributed by atoms with van der Waals surface area (Å²) in [5.74, 6) is 0.234. The molecule has 2 aliphatic heterocycles. The van der Waals surface area contributed by atoms with Crippen LogP contribution in [0.25, 0.3) is 0 Å². The number of nitrogens with zero attached hydrogens (tertiary/aromatic N) is 2.